The van der Waals surface area contributed by atoms with E-state index in [0.29, 0.717) is 0 Å². The van der Waals surface area contributed by atoms with Crippen LogP contribution in [0.3, 0.4) is 0 Å². The standard InChI is InChI=1S/C17H26N2O/c1-16(2)14(17(16,3)4)15(20)19-12-8-6-10-13-9-5-7-11-18-13/h5,7,9,11,14H,6,8,10,12H2,1-4H3,(H,19,20). The van der Waals surface area contributed by atoms with Crippen molar-refractivity contribution in [3.63, 3.8) is 0 Å². The zero-order valence-corrected chi connectivity index (χ0v) is 13.1. The lowest BCUT2D eigenvalue weighted by atomic mass is 10.0. The largest absolute Gasteiger partial charge is 0.356 e. The number of hydrogen-bond acceptors (Lipinski definition) is 2. The van der Waals surface area contributed by atoms with Gasteiger partial charge >= 0.3 is 0 Å². The Hall–Kier alpha value is -1.38. The fourth-order valence-electron chi connectivity index (χ4n) is 3.14. The smallest absolute Gasteiger partial charge is 0.224 e. The van der Waals surface area contributed by atoms with Gasteiger partial charge in [-0.1, -0.05) is 33.8 Å². The summed E-state index contributed by atoms with van der Waals surface area (Å²) in [4.78, 5) is 16.4. The Morgan fingerprint density at radius 1 is 1.20 bits per heavy atom. The molecule has 1 aromatic rings. The third kappa shape index (κ3) is 2.87. The molecule has 1 amide bonds. The molecule has 1 aliphatic rings. The molecule has 3 nitrogen and oxygen atoms in total. The molecule has 0 bridgehead atoms. The minimum atomic E-state index is 0.130. The molecular formula is C17H26N2O. The van der Waals surface area contributed by atoms with Crippen molar-refractivity contribution in [2.75, 3.05) is 6.54 Å². The van der Waals surface area contributed by atoms with Gasteiger partial charge in [-0.2, -0.15) is 0 Å². The summed E-state index contributed by atoms with van der Waals surface area (Å²) in [6.45, 7) is 9.49. The Morgan fingerprint density at radius 3 is 2.45 bits per heavy atom. The first-order chi connectivity index (χ1) is 9.37. The van der Waals surface area contributed by atoms with Crippen molar-refractivity contribution >= 4 is 5.91 Å². The molecule has 1 aliphatic carbocycles. The summed E-state index contributed by atoms with van der Waals surface area (Å²) in [6, 6.07) is 6.00. The summed E-state index contributed by atoms with van der Waals surface area (Å²) in [6.07, 6.45) is 4.89. The van der Waals surface area contributed by atoms with E-state index in [0.717, 1.165) is 31.5 Å². The van der Waals surface area contributed by atoms with E-state index in [1.165, 1.54) is 0 Å². The van der Waals surface area contributed by atoms with Crippen LogP contribution in [0.1, 0.15) is 46.2 Å². The second-order valence-electron chi connectivity index (χ2n) is 6.95. The molecule has 110 valence electrons. The second-order valence-corrected chi connectivity index (χ2v) is 6.95. The molecule has 2 rings (SSSR count). The molecule has 0 aromatic carbocycles. The molecule has 0 spiro atoms. The summed E-state index contributed by atoms with van der Waals surface area (Å²) < 4.78 is 0. The number of carbonyl (C=O) groups is 1. The fraction of sp³-hybridized carbons (Fsp3) is 0.647. The first-order valence-corrected chi connectivity index (χ1v) is 7.55. The molecule has 0 radical (unpaired) electrons. The minimum absolute atomic E-state index is 0.130. The fourth-order valence-corrected chi connectivity index (χ4v) is 3.14. The Morgan fingerprint density at radius 2 is 1.90 bits per heavy atom. The highest BCUT2D eigenvalue weighted by atomic mass is 16.2. The molecule has 1 fully saturated rings. The monoisotopic (exact) mass is 274 g/mol. The summed E-state index contributed by atoms with van der Waals surface area (Å²) in [7, 11) is 0. The van der Waals surface area contributed by atoms with Crippen LogP contribution < -0.4 is 5.32 Å². The van der Waals surface area contributed by atoms with E-state index in [9.17, 15) is 4.79 Å². The van der Waals surface area contributed by atoms with E-state index in [1.807, 2.05) is 24.4 Å². The van der Waals surface area contributed by atoms with Gasteiger partial charge in [0, 0.05) is 24.4 Å². The number of unbranched alkanes of at least 4 members (excludes halogenated alkanes) is 1. The van der Waals surface area contributed by atoms with Crippen molar-refractivity contribution in [1.29, 1.82) is 0 Å². The van der Waals surface area contributed by atoms with Crippen LogP contribution in [0.2, 0.25) is 0 Å². The Balaban J connectivity index is 1.64. The summed E-state index contributed by atoms with van der Waals surface area (Å²) >= 11 is 0. The van der Waals surface area contributed by atoms with E-state index >= 15 is 0 Å². The summed E-state index contributed by atoms with van der Waals surface area (Å²) in [5.41, 5.74) is 1.39. The van der Waals surface area contributed by atoms with E-state index in [4.69, 9.17) is 0 Å². The summed E-state index contributed by atoms with van der Waals surface area (Å²) in [5.74, 6) is 0.378. The van der Waals surface area contributed by atoms with Gasteiger partial charge in [-0.15, -0.1) is 0 Å². The van der Waals surface area contributed by atoms with Gasteiger partial charge in [-0.25, -0.2) is 0 Å². The van der Waals surface area contributed by atoms with E-state index in [1.54, 1.807) is 0 Å². The van der Waals surface area contributed by atoms with Crippen LogP contribution in [0.15, 0.2) is 24.4 Å². The topological polar surface area (TPSA) is 42.0 Å². The van der Waals surface area contributed by atoms with Crippen LogP contribution in [-0.4, -0.2) is 17.4 Å². The molecule has 0 aliphatic heterocycles. The maximum Gasteiger partial charge on any atom is 0.224 e. The van der Waals surface area contributed by atoms with Gasteiger partial charge in [0.1, 0.15) is 0 Å². The molecule has 3 heteroatoms. The lowest BCUT2D eigenvalue weighted by molar-refractivity contribution is -0.123. The Bertz CT molecular complexity index is 451. The number of amides is 1. The highest BCUT2D eigenvalue weighted by molar-refractivity contribution is 5.84. The number of carbonyl (C=O) groups excluding carboxylic acids is 1. The lowest BCUT2D eigenvalue weighted by Crippen LogP contribution is -2.28. The lowest BCUT2D eigenvalue weighted by Gasteiger charge is -2.06. The van der Waals surface area contributed by atoms with Gasteiger partial charge in [0.2, 0.25) is 5.91 Å². The van der Waals surface area contributed by atoms with Gasteiger partial charge in [0.05, 0.1) is 0 Å². The van der Waals surface area contributed by atoms with Gasteiger partial charge in [0.15, 0.2) is 0 Å². The molecule has 1 heterocycles. The third-order valence-corrected chi connectivity index (χ3v) is 5.17. The van der Waals surface area contributed by atoms with Crippen LogP contribution in [0, 0.1) is 16.7 Å². The number of hydrogen-bond donors (Lipinski definition) is 1. The zero-order chi connectivity index (χ0) is 14.8. The van der Waals surface area contributed by atoms with Crippen molar-refractivity contribution in [3.05, 3.63) is 30.1 Å². The van der Waals surface area contributed by atoms with Crippen molar-refractivity contribution in [2.45, 2.75) is 47.0 Å². The normalized spacial score (nSPS) is 19.6. The number of aromatic nitrogens is 1. The molecule has 0 unspecified atom stereocenters. The molecule has 0 atom stereocenters. The van der Waals surface area contributed by atoms with Crippen molar-refractivity contribution < 1.29 is 4.79 Å². The maximum atomic E-state index is 12.1. The predicted octanol–water partition coefficient (Wildman–Crippen LogP) is 3.20. The van der Waals surface area contributed by atoms with Crippen molar-refractivity contribution in [3.8, 4) is 0 Å². The van der Waals surface area contributed by atoms with E-state index in [-0.39, 0.29) is 22.7 Å². The second kappa shape index (κ2) is 5.55. The predicted molar refractivity (Wildman–Crippen MR) is 81.2 cm³/mol. The average molecular weight is 274 g/mol. The van der Waals surface area contributed by atoms with E-state index < -0.39 is 0 Å². The molecule has 1 aromatic heterocycles. The van der Waals surface area contributed by atoms with Gasteiger partial charge in [0.25, 0.3) is 0 Å². The van der Waals surface area contributed by atoms with Crippen LogP contribution in [0.5, 0.6) is 0 Å². The van der Waals surface area contributed by atoms with Crippen molar-refractivity contribution in [1.82, 2.24) is 10.3 Å². The highest BCUT2D eigenvalue weighted by Crippen LogP contribution is 2.68. The van der Waals surface area contributed by atoms with Crippen LogP contribution in [-0.2, 0) is 11.2 Å². The summed E-state index contributed by atoms with van der Waals surface area (Å²) in [5, 5.41) is 3.08. The molecule has 20 heavy (non-hydrogen) atoms. The van der Waals surface area contributed by atoms with E-state index in [2.05, 4.69) is 38.0 Å². The molecule has 1 saturated carbocycles. The Labute approximate surface area is 122 Å². The average Bonchev–Trinajstić information content (AvgIpc) is 2.80. The Kier molecular flexibility index (Phi) is 4.17. The van der Waals surface area contributed by atoms with Crippen molar-refractivity contribution in [2.24, 2.45) is 16.7 Å². The number of pyridine rings is 1. The maximum absolute atomic E-state index is 12.1. The number of rotatable bonds is 6. The van der Waals surface area contributed by atoms with Gasteiger partial charge in [-0.05, 0) is 42.2 Å². The third-order valence-electron chi connectivity index (χ3n) is 5.17. The zero-order valence-electron chi connectivity index (χ0n) is 13.1. The molecule has 1 N–H and O–H groups in total. The first-order valence-electron chi connectivity index (χ1n) is 7.55. The number of nitrogens with zero attached hydrogens (tertiary/aromatic N) is 1. The molecule has 0 saturated heterocycles. The number of aryl methyl sites for hydroxylation is 1. The minimum Gasteiger partial charge on any atom is -0.356 e. The number of nitrogens with one attached hydrogen (secondary N) is 1. The highest BCUT2D eigenvalue weighted by Gasteiger charge is 2.68. The molecular weight excluding hydrogens is 248 g/mol. The van der Waals surface area contributed by atoms with Gasteiger partial charge in [-0.3, -0.25) is 9.78 Å². The SMILES string of the molecule is CC1(C)C(C(=O)NCCCCc2ccccn2)C1(C)C. The first kappa shape index (κ1) is 15.0. The quantitative estimate of drug-likeness (QED) is 0.809. The van der Waals surface area contributed by atoms with Crippen LogP contribution in [0.4, 0.5) is 0 Å². The van der Waals surface area contributed by atoms with Crippen LogP contribution in [0.25, 0.3) is 0 Å². The van der Waals surface area contributed by atoms with Crippen LogP contribution >= 0.6 is 0 Å². The van der Waals surface area contributed by atoms with Gasteiger partial charge < -0.3 is 5.32 Å².